The molecule has 0 saturated heterocycles. The van der Waals surface area contributed by atoms with Crippen LogP contribution >= 0.6 is 11.6 Å². The number of carbonyl (C=O) groups excluding carboxylic acids is 3. The SMILES string of the molecule is CC(=O)OCc1ccc(C(=O)NS(=O)(=O)C(C=O)c2ccc(Cl)cc2)cn1. The van der Waals surface area contributed by atoms with Crippen LogP contribution in [0.25, 0.3) is 0 Å². The maximum absolute atomic E-state index is 12.4. The molecule has 27 heavy (non-hydrogen) atoms. The summed E-state index contributed by atoms with van der Waals surface area (Å²) in [5.41, 5.74) is 0.520. The largest absolute Gasteiger partial charge is 0.459 e. The highest BCUT2D eigenvalue weighted by molar-refractivity contribution is 7.91. The van der Waals surface area contributed by atoms with Crippen molar-refractivity contribution in [2.75, 3.05) is 0 Å². The van der Waals surface area contributed by atoms with E-state index >= 15 is 0 Å². The van der Waals surface area contributed by atoms with Crippen LogP contribution in [0.2, 0.25) is 5.02 Å². The van der Waals surface area contributed by atoms with Crippen LogP contribution in [0.3, 0.4) is 0 Å². The van der Waals surface area contributed by atoms with E-state index in [0.29, 0.717) is 10.7 Å². The zero-order chi connectivity index (χ0) is 20.0. The summed E-state index contributed by atoms with van der Waals surface area (Å²) in [6.45, 7) is 1.18. The summed E-state index contributed by atoms with van der Waals surface area (Å²) in [5, 5.41) is -1.19. The van der Waals surface area contributed by atoms with Crippen molar-refractivity contribution in [3.8, 4) is 0 Å². The quantitative estimate of drug-likeness (QED) is 0.545. The number of rotatable bonds is 7. The molecule has 1 amide bonds. The van der Waals surface area contributed by atoms with E-state index in [0.717, 1.165) is 6.20 Å². The van der Waals surface area contributed by atoms with E-state index < -0.39 is 27.1 Å². The second-order valence-corrected chi connectivity index (χ2v) is 7.64. The fraction of sp³-hybridized carbons (Fsp3) is 0.176. The maximum atomic E-state index is 12.4. The van der Waals surface area contributed by atoms with Crippen LogP contribution in [0.1, 0.15) is 33.8 Å². The molecule has 1 heterocycles. The Balaban J connectivity index is 2.13. The highest BCUT2D eigenvalue weighted by Gasteiger charge is 2.29. The third-order valence-corrected chi connectivity index (χ3v) is 5.18. The van der Waals surface area contributed by atoms with Crippen LogP contribution in [0.15, 0.2) is 42.6 Å². The van der Waals surface area contributed by atoms with E-state index in [1.54, 1.807) is 0 Å². The van der Waals surface area contributed by atoms with Crippen molar-refractivity contribution in [2.24, 2.45) is 0 Å². The predicted molar refractivity (Wildman–Crippen MR) is 96.4 cm³/mol. The van der Waals surface area contributed by atoms with Gasteiger partial charge >= 0.3 is 5.97 Å². The summed E-state index contributed by atoms with van der Waals surface area (Å²) < 4.78 is 31.4. The molecular weight excluding hydrogens is 396 g/mol. The fourth-order valence-corrected chi connectivity index (χ4v) is 3.35. The lowest BCUT2D eigenvalue weighted by molar-refractivity contribution is -0.142. The molecule has 142 valence electrons. The molecule has 1 aromatic heterocycles. The van der Waals surface area contributed by atoms with Crippen molar-refractivity contribution in [3.63, 3.8) is 0 Å². The highest BCUT2D eigenvalue weighted by Crippen LogP contribution is 2.21. The van der Waals surface area contributed by atoms with E-state index in [9.17, 15) is 22.8 Å². The van der Waals surface area contributed by atoms with Gasteiger partial charge in [-0.2, -0.15) is 0 Å². The number of nitrogens with zero attached hydrogens (tertiary/aromatic N) is 1. The van der Waals surface area contributed by atoms with Crippen LogP contribution in [0.4, 0.5) is 0 Å². The molecule has 0 fully saturated rings. The second kappa shape index (κ2) is 8.74. The van der Waals surface area contributed by atoms with Crippen molar-refractivity contribution >= 4 is 39.8 Å². The van der Waals surface area contributed by atoms with Gasteiger partial charge in [-0.05, 0) is 29.8 Å². The lowest BCUT2D eigenvalue weighted by Crippen LogP contribution is -2.35. The zero-order valence-electron chi connectivity index (χ0n) is 14.1. The van der Waals surface area contributed by atoms with Crippen molar-refractivity contribution in [3.05, 3.63) is 64.4 Å². The molecule has 2 aromatic rings. The number of sulfonamides is 1. The van der Waals surface area contributed by atoms with Crippen LogP contribution in [-0.2, 0) is 31.0 Å². The van der Waals surface area contributed by atoms with Crippen LogP contribution < -0.4 is 4.72 Å². The molecule has 1 unspecified atom stereocenters. The molecule has 1 atom stereocenters. The number of benzene rings is 1. The number of esters is 1. The number of ether oxygens (including phenoxy) is 1. The first-order valence-electron chi connectivity index (χ1n) is 7.58. The van der Waals surface area contributed by atoms with Crippen molar-refractivity contribution in [2.45, 2.75) is 18.8 Å². The van der Waals surface area contributed by atoms with Gasteiger partial charge in [-0.15, -0.1) is 0 Å². The van der Waals surface area contributed by atoms with Crippen molar-refractivity contribution in [1.29, 1.82) is 0 Å². The summed E-state index contributed by atoms with van der Waals surface area (Å²) >= 11 is 5.75. The Morgan fingerprint density at radius 3 is 2.41 bits per heavy atom. The molecule has 0 spiro atoms. The van der Waals surface area contributed by atoms with Gasteiger partial charge in [-0.1, -0.05) is 23.7 Å². The topological polar surface area (TPSA) is 119 Å². The molecule has 1 aromatic carbocycles. The Morgan fingerprint density at radius 1 is 1.22 bits per heavy atom. The van der Waals surface area contributed by atoms with Gasteiger partial charge < -0.3 is 9.53 Å². The molecule has 0 aliphatic carbocycles. The Labute approximate surface area is 160 Å². The molecule has 2 rings (SSSR count). The summed E-state index contributed by atoms with van der Waals surface area (Å²) in [5.74, 6) is -1.42. The number of amides is 1. The van der Waals surface area contributed by atoms with E-state index in [1.165, 1.54) is 43.3 Å². The van der Waals surface area contributed by atoms with E-state index in [-0.39, 0.29) is 24.0 Å². The molecule has 0 radical (unpaired) electrons. The van der Waals surface area contributed by atoms with E-state index in [4.69, 9.17) is 16.3 Å². The summed E-state index contributed by atoms with van der Waals surface area (Å²) in [7, 11) is -4.33. The van der Waals surface area contributed by atoms with Crippen molar-refractivity contribution < 1.29 is 27.5 Å². The van der Waals surface area contributed by atoms with Gasteiger partial charge in [-0.3, -0.25) is 14.6 Å². The van der Waals surface area contributed by atoms with Gasteiger partial charge in [0.15, 0.2) is 5.25 Å². The van der Waals surface area contributed by atoms with Gasteiger partial charge in [-0.25, -0.2) is 13.1 Å². The first kappa shape index (κ1) is 20.5. The number of halogens is 1. The van der Waals surface area contributed by atoms with Gasteiger partial charge in [0, 0.05) is 18.1 Å². The molecule has 1 N–H and O–H groups in total. The van der Waals surface area contributed by atoms with Gasteiger partial charge in [0.25, 0.3) is 5.91 Å². The fourth-order valence-electron chi connectivity index (χ4n) is 2.05. The number of aromatic nitrogens is 1. The van der Waals surface area contributed by atoms with Crippen LogP contribution in [-0.4, -0.2) is 31.6 Å². The number of nitrogens with one attached hydrogen (secondary N) is 1. The Hall–Kier alpha value is -2.78. The third kappa shape index (κ3) is 5.60. The Kier molecular flexibility index (Phi) is 6.65. The third-order valence-electron chi connectivity index (χ3n) is 3.40. The second-order valence-electron chi connectivity index (χ2n) is 5.40. The summed E-state index contributed by atoms with van der Waals surface area (Å²) in [4.78, 5) is 38.2. The number of aldehydes is 1. The summed E-state index contributed by atoms with van der Waals surface area (Å²) in [6.07, 6.45) is 1.36. The number of pyridine rings is 1. The number of hydrogen-bond donors (Lipinski definition) is 1. The average Bonchev–Trinajstić information content (AvgIpc) is 2.62. The molecule has 10 heteroatoms. The molecule has 0 saturated carbocycles. The highest BCUT2D eigenvalue weighted by atomic mass is 35.5. The molecule has 0 aliphatic heterocycles. The van der Waals surface area contributed by atoms with Crippen LogP contribution in [0, 0.1) is 0 Å². The normalized spacial score (nSPS) is 12.1. The number of hydrogen-bond acceptors (Lipinski definition) is 7. The monoisotopic (exact) mass is 410 g/mol. The van der Waals surface area contributed by atoms with Gasteiger partial charge in [0.1, 0.15) is 12.9 Å². The minimum absolute atomic E-state index is 0.0362. The molecular formula is C17H15ClN2O6S. The zero-order valence-corrected chi connectivity index (χ0v) is 15.7. The van der Waals surface area contributed by atoms with Gasteiger partial charge in [0.05, 0.1) is 11.3 Å². The summed E-state index contributed by atoms with van der Waals surface area (Å²) in [6, 6.07) is 8.40. The Morgan fingerprint density at radius 2 is 1.89 bits per heavy atom. The van der Waals surface area contributed by atoms with E-state index in [2.05, 4.69) is 4.98 Å². The predicted octanol–water partition coefficient (Wildman–Crippen LogP) is 1.80. The minimum atomic E-state index is -4.33. The average molecular weight is 411 g/mol. The first-order valence-corrected chi connectivity index (χ1v) is 9.50. The smallest absolute Gasteiger partial charge is 0.303 e. The minimum Gasteiger partial charge on any atom is -0.459 e. The molecule has 0 bridgehead atoms. The lowest BCUT2D eigenvalue weighted by Gasteiger charge is -2.13. The van der Waals surface area contributed by atoms with E-state index in [1.807, 2.05) is 4.72 Å². The number of carbonyl (C=O) groups is 3. The maximum Gasteiger partial charge on any atom is 0.303 e. The Bertz CT molecular complexity index is 942. The lowest BCUT2D eigenvalue weighted by atomic mass is 10.2. The van der Waals surface area contributed by atoms with Gasteiger partial charge in [0.2, 0.25) is 10.0 Å². The molecule has 0 aliphatic rings. The molecule has 8 nitrogen and oxygen atoms in total. The first-order chi connectivity index (χ1) is 12.7. The van der Waals surface area contributed by atoms with Crippen molar-refractivity contribution in [1.82, 2.24) is 9.71 Å². The van der Waals surface area contributed by atoms with Crippen LogP contribution in [0.5, 0.6) is 0 Å². The standard InChI is InChI=1S/C17H15ClN2O6S/c1-11(22)26-10-15-7-4-13(8-19-15)17(23)20-27(24,25)16(9-21)12-2-5-14(18)6-3-12/h2-9,16H,10H2,1H3,(H,20,23).